The SMILES string of the molecule is COc1cc2c(cc1OC)C(C1CCN(C)C1=O)NC2=O. The molecule has 0 spiro atoms. The predicted molar refractivity (Wildman–Crippen MR) is 75.5 cm³/mol. The Morgan fingerprint density at radius 2 is 1.86 bits per heavy atom. The number of nitrogens with zero attached hydrogens (tertiary/aromatic N) is 1. The van der Waals surface area contributed by atoms with Crippen LogP contribution in [0.25, 0.3) is 0 Å². The van der Waals surface area contributed by atoms with E-state index in [0.29, 0.717) is 17.1 Å². The fourth-order valence-electron chi connectivity index (χ4n) is 3.12. The fourth-order valence-corrected chi connectivity index (χ4v) is 3.12. The number of methoxy groups -OCH3 is 2. The molecule has 1 aromatic carbocycles. The summed E-state index contributed by atoms with van der Waals surface area (Å²) in [4.78, 5) is 26.1. The van der Waals surface area contributed by atoms with Gasteiger partial charge in [-0.1, -0.05) is 0 Å². The van der Waals surface area contributed by atoms with Gasteiger partial charge in [0.1, 0.15) is 0 Å². The molecule has 6 nitrogen and oxygen atoms in total. The largest absolute Gasteiger partial charge is 0.493 e. The predicted octanol–water partition coefficient (Wildman–Crippen LogP) is 0.967. The van der Waals surface area contributed by atoms with E-state index in [4.69, 9.17) is 9.47 Å². The number of carbonyl (C=O) groups excluding carboxylic acids is 2. The molecule has 2 aliphatic rings. The number of nitrogens with one attached hydrogen (secondary N) is 1. The summed E-state index contributed by atoms with van der Waals surface area (Å²) in [6.07, 6.45) is 0.744. The molecular formula is C15H18N2O4. The van der Waals surface area contributed by atoms with Crippen LogP contribution in [0, 0.1) is 5.92 Å². The van der Waals surface area contributed by atoms with E-state index < -0.39 is 0 Å². The molecule has 3 rings (SSSR count). The molecule has 2 unspecified atom stereocenters. The van der Waals surface area contributed by atoms with E-state index in [1.807, 2.05) is 0 Å². The number of amides is 2. The van der Waals surface area contributed by atoms with Crippen LogP contribution < -0.4 is 14.8 Å². The number of rotatable bonds is 3. The minimum atomic E-state index is -0.287. The summed E-state index contributed by atoms with van der Waals surface area (Å²) < 4.78 is 10.5. The van der Waals surface area contributed by atoms with Crippen LogP contribution in [0.15, 0.2) is 12.1 Å². The maximum absolute atomic E-state index is 12.2. The minimum Gasteiger partial charge on any atom is -0.493 e. The molecule has 0 aliphatic carbocycles. The Morgan fingerprint density at radius 3 is 2.43 bits per heavy atom. The monoisotopic (exact) mass is 290 g/mol. The van der Waals surface area contributed by atoms with Crippen LogP contribution >= 0.6 is 0 Å². The number of likely N-dealkylation sites (tertiary alicyclic amines) is 1. The Morgan fingerprint density at radius 1 is 1.19 bits per heavy atom. The molecule has 21 heavy (non-hydrogen) atoms. The van der Waals surface area contributed by atoms with E-state index >= 15 is 0 Å². The summed E-state index contributed by atoms with van der Waals surface area (Å²) in [5.74, 6) is 0.776. The molecule has 0 radical (unpaired) electrons. The van der Waals surface area contributed by atoms with Gasteiger partial charge in [0.25, 0.3) is 5.91 Å². The van der Waals surface area contributed by atoms with Gasteiger partial charge in [0, 0.05) is 19.2 Å². The van der Waals surface area contributed by atoms with E-state index in [9.17, 15) is 9.59 Å². The first-order valence-electron chi connectivity index (χ1n) is 6.88. The van der Waals surface area contributed by atoms with E-state index in [2.05, 4.69) is 5.32 Å². The molecule has 0 saturated carbocycles. The Hall–Kier alpha value is -2.24. The molecule has 2 atom stereocenters. The molecule has 2 amide bonds. The summed E-state index contributed by atoms with van der Waals surface area (Å²) >= 11 is 0. The van der Waals surface area contributed by atoms with E-state index in [1.54, 1.807) is 31.2 Å². The van der Waals surface area contributed by atoms with Gasteiger partial charge >= 0.3 is 0 Å². The Balaban J connectivity index is 2.03. The van der Waals surface area contributed by atoms with Gasteiger partial charge in [-0.3, -0.25) is 9.59 Å². The number of carbonyl (C=O) groups is 2. The summed E-state index contributed by atoms with van der Waals surface area (Å²) in [6, 6.07) is 3.18. The quantitative estimate of drug-likeness (QED) is 0.900. The summed E-state index contributed by atoms with van der Waals surface area (Å²) in [6.45, 7) is 0.721. The van der Waals surface area contributed by atoms with Gasteiger partial charge in [-0.15, -0.1) is 0 Å². The first-order valence-corrected chi connectivity index (χ1v) is 6.88. The van der Waals surface area contributed by atoms with Gasteiger partial charge in [-0.25, -0.2) is 0 Å². The number of fused-ring (bicyclic) bond motifs is 1. The second kappa shape index (κ2) is 4.95. The van der Waals surface area contributed by atoms with Crippen LogP contribution in [0.4, 0.5) is 0 Å². The van der Waals surface area contributed by atoms with Crippen molar-refractivity contribution >= 4 is 11.8 Å². The maximum Gasteiger partial charge on any atom is 0.252 e. The standard InChI is InChI=1S/C15H18N2O4/c1-17-5-4-8(15(17)19)13-9-6-11(20-2)12(21-3)7-10(9)14(18)16-13/h6-8,13H,4-5H2,1-3H3,(H,16,18). The maximum atomic E-state index is 12.2. The zero-order valence-electron chi connectivity index (χ0n) is 12.3. The van der Waals surface area contributed by atoms with Crippen molar-refractivity contribution in [2.45, 2.75) is 12.5 Å². The molecule has 112 valence electrons. The lowest BCUT2D eigenvalue weighted by Gasteiger charge is -2.19. The minimum absolute atomic E-state index is 0.0722. The Bertz CT molecular complexity index is 614. The molecule has 1 aromatic rings. The van der Waals surface area contributed by atoms with Crippen molar-refractivity contribution in [3.63, 3.8) is 0 Å². The normalized spacial score (nSPS) is 24.0. The molecule has 1 saturated heterocycles. The molecule has 1 fully saturated rings. The van der Waals surface area contributed by atoms with Crippen molar-refractivity contribution in [2.75, 3.05) is 27.8 Å². The first kappa shape index (κ1) is 13.7. The Labute approximate surface area is 123 Å². The molecular weight excluding hydrogens is 272 g/mol. The highest BCUT2D eigenvalue weighted by molar-refractivity contribution is 6.01. The summed E-state index contributed by atoms with van der Waals surface area (Å²) in [5.41, 5.74) is 1.37. The third-order valence-corrected chi connectivity index (χ3v) is 4.29. The third kappa shape index (κ3) is 2.02. The van der Waals surface area contributed by atoms with Crippen LogP contribution in [-0.2, 0) is 4.79 Å². The zero-order chi connectivity index (χ0) is 15.1. The van der Waals surface area contributed by atoms with Crippen LogP contribution in [0.3, 0.4) is 0 Å². The highest BCUT2D eigenvalue weighted by Gasteiger charge is 2.42. The van der Waals surface area contributed by atoms with Crippen molar-refractivity contribution in [1.29, 1.82) is 0 Å². The summed E-state index contributed by atoms with van der Waals surface area (Å²) in [5, 5.41) is 2.92. The highest BCUT2D eigenvalue weighted by atomic mass is 16.5. The zero-order valence-corrected chi connectivity index (χ0v) is 12.3. The van der Waals surface area contributed by atoms with Gasteiger partial charge < -0.3 is 19.7 Å². The van der Waals surface area contributed by atoms with Gasteiger partial charge in [-0.05, 0) is 24.1 Å². The lowest BCUT2D eigenvalue weighted by molar-refractivity contribution is -0.130. The number of hydrogen-bond donors (Lipinski definition) is 1. The van der Waals surface area contributed by atoms with Gasteiger partial charge in [-0.2, -0.15) is 0 Å². The lowest BCUT2D eigenvalue weighted by atomic mass is 9.91. The average Bonchev–Trinajstić information content (AvgIpc) is 2.98. The van der Waals surface area contributed by atoms with Gasteiger partial charge in [0.15, 0.2) is 11.5 Å². The van der Waals surface area contributed by atoms with Crippen LogP contribution in [0.2, 0.25) is 0 Å². The van der Waals surface area contributed by atoms with E-state index in [1.165, 1.54) is 7.11 Å². The van der Waals surface area contributed by atoms with Crippen LogP contribution in [0.1, 0.15) is 28.4 Å². The molecule has 2 aliphatic heterocycles. The highest BCUT2D eigenvalue weighted by Crippen LogP contribution is 2.41. The van der Waals surface area contributed by atoms with Crippen molar-refractivity contribution in [3.05, 3.63) is 23.3 Å². The van der Waals surface area contributed by atoms with Crippen molar-refractivity contribution in [3.8, 4) is 11.5 Å². The number of ether oxygens (including phenoxy) is 2. The first-order chi connectivity index (χ1) is 10.1. The van der Waals surface area contributed by atoms with Crippen molar-refractivity contribution in [1.82, 2.24) is 10.2 Å². The topological polar surface area (TPSA) is 67.9 Å². The molecule has 0 bridgehead atoms. The lowest BCUT2D eigenvalue weighted by Crippen LogP contribution is -2.31. The van der Waals surface area contributed by atoms with Crippen LogP contribution in [-0.4, -0.2) is 44.5 Å². The second-order valence-corrected chi connectivity index (χ2v) is 5.40. The number of benzene rings is 1. The van der Waals surface area contributed by atoms with E-state index in [-0.39, 0.29) is 23.8 Å². The molecule has 1 N–H and O–H groups in total. The van der Waals surface area contributed by atoms with Crippen LogP contribution in [0.5, 0.6) is 11.5 Å². The third-order valence-electron chi connectivity index (χ3n) is 4.29. The fraction of sp³-hybridized carbons (Fsp3) is 0.467. The van der Waals surface area contributed by atoms with Gasteiger partial charge in [0.05, 0.1) is 26.2 Å². The van der Waals surface area contributed by atoms with Crippen molar-refractivity contribution < 1.29 is 19.1 Å². The van der Waals surface area contributed by atoms with E-state index in [0.717, 1.165) is 18.5 Å². The molecule has 2 heterocycles. The molecule has 6 heteroatoms. The Kier molecular flexibility index (Phi) is 3.23. The number of hydrogen-bond acceptors (Lipinski definition) is 4. The average molecular weight is 290 g/mol. The van der Waals surface area contributed by atoms with Gasteiger partial charge in [0.2, 0.25) is 5.91 Å². The summed E-state index contributed by atoms with van der Waals surface area (Å²) in [7, 11) is 4.87. The smallest absolute Gasteiger partial charge is 0.252 e. The van der Waals surface area contributed by atoms with Crippen molar-refractivity contribution in [2.24, 2.45) is 5.92 Å². The second-order valence-electron chi connectivity index (χ2n) is 5.40. The molecule has 0 aromatic heterocycles.